The van der Waals surface area contributed by atoms with Crippen LogP contribution in [-0.4, -0.2) is 29.7 Å². The van der Waals surface area contributed by atoms with E-state index < -0.39 is 0 Å². The Morgan fingerprint density at radius 1 is 1.08 bits per heavy atom. The number of hydrogen-bond donors (Lipinski definition) is 0. The van der Waals surface area contributed by atoms with Gasteiger partial charge in [0.2, 0.25) is 0 Å². The lowest BCUT2D eigenvalue weighted by Gasteiger charge is -2.32. The van der Waals surface area contributed by atoms with E-state index in [1.807, 2.05) is 55.1 Å². The Kier molecular flexibility index (Phi) is 5.87. The molecule has 1 unspecified atom stereocenters. The van der Waals surface area contributed by atoms with Crippen LogP contribution in [-0.2, 0) is 11.2 Å². The zero-order valence-electron chi connectivity index (χ0n) is 15.7. The van der Waals surface area contributed by atoms with E-state index in [0.717, 1.165) is 42.5 Å². The van der Waals surface area contributed by atoms with Crippen LogP contribution in [0.25, 0.3) is 0 Å². The number of hydrogen-bond acceptors (Lipinski definition) is 2. The fourth-order valence-corrected chi connectivity index (χ4v) is 3.76. The van der Waals surface area contributed by atoms with Crippen LogP contribution in [0.1, 0.15) is 46.3 Å². The summed E-state index contributed by atoms with van der Waals surface area (Å²) in [5, 5.41) is 0. The van der Waals surface area contributed by atoms with E-state index in [2.05, 4.69) is 12.1 Å². The summed E-state index contributed by atoms with van der Waals surface area (Å²) >= 11 is 0. The molecular formula is C23H27NO2. The number of benzene rings is 2. The first-order chi connectivity index (χ1) is 12.5. The molecule has 1 aliphatic heterocycles. The van der Waals surface area contributed by atoms with Gasteiger partial charge in [0.1, 0.15) is 5.78 Å². The third-order valence-corrected chi connectivity index (χ3v) is 5.28. The van der Waals surface area contributed by atoms with Crippen molar-refractivity contribution in [2.75, 3.05) is 13.1 Å². The van der Waals surface area contributed by atoms with Crippen molar-refractivity contribution in [3.05, 3.63) is 70.8 Å². The average Bonchev–Trinajstić information content (AvgIpc) is 2.66. The van der Waals surface area contributed by atoms with Crippen molar-refractivity contribution in [2.45, 2.75) is 39.5 Å². The average molecular weight is 349 g/mol. The number of Topliss-reactive ketones (excluding diaryl/α,β-unsaturated/α-hetero) is 1. The van der Waals surface area contributed by atoms with E-state index in [1.165, 1.54) is 5.56 Å². The van der Waals surface area contributed by atoms with E-state index in [9.17, 15) is 9.59 Å². The van der Waals surface area contributed by atoms with Gasteiger partial charge in [-0.1, -0.05) is 48.0 Å². The van der Waals surface area contributed by atoms with Gasteiger partial charge in [-0.05, 0) is 50.3 Å². The lowest BCUT2D eigenvalue weighted by Crippen LogP contribution is -2.42. The number of piperidine rings is 1. The molecule has 2 aromatic rings. The SMILES string of the molecule is Cc1ccc(C(=O)N2CCCC(C(=O)CCc3ccccc3)C2)c(C)c1. The quantitative estimate of drug-likeness (QED) is 0.804. The fourth-order valence-electron chi connectivity index (χ4n) is 3.76. The molecule has 0 radical (unpaired) electrons. The van der Waals surface area contributed by atoms with Crippen LogP contribution in [0.5, 0.6) is 0 Å². The van der Waals surface area contributed by atoms with E-state index in [1.54, 1.807) is 0 Å². The lowest BCUT2D eigenvalue weighted by atomic mass is 9.90. The van der Waals surface area contributed by atoms with Gasteiger partial charge in [-0.3, -0.25) is 9.59 Å². The molecule has 0 aromatic heterocycles. The fraction of sp³-hybridized carbons (Fsp3) is 0.391. The maximum Gasteiger partial charge on any atom is 0.254 e. The molecule has 1 amide bonds. The Bertz CT molecular complexity index is 782. The zero-order valence-corrected chi connectivity index (χ0v) is 15.7. The van der Waals surface area contributed by atoms with Gasteiger partial charge in [-0.15, -0.1) is 0 Å². The van der Waals surface area contributed by atoms with Crippen molar-refractivity contribution in [1.29, 1.82) is 0 Å². The molecule has 0 saturated carbocycles. The molecular weight excluding hydrogens is 322 g/mol. The van der Waals surface area contributed by atoms with Gasteiger partial charge in [0.15, 0.2) is 0 Å². The Morgan fingerprint density at radius 2 is 1.85 bits per heavy atom. The van der Waals surface area contributed by atoms with Crippen molar-refractivity contribution < 1.29 is 9.59 Å². The summed E-state index contributed by atoms with van der Waals surface area (Å²) in [6.07, 6.45) is 3.13. The van der Waals surface area contributed by atoms with Gasteiger partial charge in [0, 0.05) is 31.0 Å². The van der Waals surface area contributed by atoms with Gasteiger partial charge in [0.25, 0.3) is 5.91 Å². The number of likely N-dealkylation sites (tertiary alicyclic amines) is 1. The molecule has 0 spiro atoms. The lowest BCUT2D eigenvalue weighted by molar-refractivity contribution is -0.124. The van der Waals surface area contributed by atoms with Crippen molar-refractivity contribution in [2.24, 2.45) is 5.92 Å². The highest BCUT2D eigenvalue weighted by atomic mass is 16.2. The molecule has 1 fully saturated rings. The topological polar surface area (TPSA) is 37.4 Å². The molecule has 136 valence electrons. The van der Waals surface area contributed by atoms with Crippen LogP contribution in [0.4, 0.5) is 0 Å². The number of carbonyl (C=O) groups is 2. The van der Waals surface area contributed by atoms with Crippen LogP contribution in [0.3, 0.4) is 0 Å². The minimum absolute atomic E-state index is 0.0258. The highest BCUT2D eigenvalue weighted by Crippen LogP contribution is 2.22. The molecule has 26 heavy (non-hydrogen) atoms. The monoisotopic (exact) mass is 349 g/mol. The molecule has 2 aromatic carbocycles. The second-order valence-corrected chi connectivity index (χ2v) is 7.36. The summed E-state index contributed by atoms with van der Waals surface area (Å²) in [7, 11) is 0. The van der Waals surface area contributed by atoms with Crippen molar-refractivity contribution in [3.8, 4) is 0 Å². The number of aryl methyl sites for hydroxylation is 3. The molecule has 3 heteroatoms. The zero-order chi connectivity index (χ0) is 18.5. The van der Waals surface area contributed by atoms with E-state index >= 15 is 0 Å². The van der Waals surface area contributed by atoms with Crippen LogP contribution >= 0.6 is 0 Å². The Hall–Kier alpha value is -2.42. The normalized spacial score (nSPS) is 17.2. The third-order valence-electron chi connectivity index (χ3n) is 5.28. The molecule has 1 heterocycles. The van der Waals surface area contributed by atoms with Crippen LogP contribution < -0.4 is 0 Å². The maximum atomic E-state index is 12.9. The highest BCUT2D eigenvalue weighted by molar-refractivity contribution is 5.96. The molecule has 3 nitrogen and oxygen atoms in total. The smallest absolute Gasteiger partial charge is 0.254 e. The highest BCUT2D eigenvalue weighted by Gasteiger charge is 2.29. The van der Waals surface area contributed by atoms with Crippen LogP contribution in [0.15, 0.2) is 48.5 Å². The maximum absolute atomic E-state index is 12.9. The number of amides is 1. The second-order valence-electron chi connectivity index (χ2n) is 7.36. The molecule has 0 aliphatic carbocycles. The summed E-state index contributed by atoms with van der Waals surface area (Å²) in [4.78, 5) is 27.4. The predicted molar refractivity (Wildman–Crippen MR) is 104 cm³/mol. The van der Waals surface area contributed by atoms with Gasteiger partial charge < -0.3 is 4.90 Å². The number of nitrogens with zero attached hydrogens (tertiary/aromatic N) is 1. The Balaban J connectivity index is 1.61. The third kappa shape index (κ3) is 4.40. The summed E-state index contributed by atoms with van der Waals surface area (Å²) in [5.74, 6) is 0.317. The van der Waals surface area contributed by atoms with E-state index in [0.29, 0.717) is 13.0 Å². The summed E-state index contributed by atoms with van der Waals surface area (Å²) < 4.78 is 0. The van der Waals surface area contributed by atoms with E-state index in [4.69, 9.17) is 0 Å². The van der Waals surface area contributed by atoms with Gasteiger partial charge in [-0.2, -0.15) is 0 Å². The molecule has 1 atom stereocenters. The van der Waals surface area contributed by atoms with Crippen LogP contribution in [0.2, 0.25) is 0 Å². The minimum Gasteiger partial charge on any atom is -0.338 e. The standard InChI is InChI=1S/C23H27NO2/c1-17-10-12-21(18(2)15-17)23(26)24-14-6-9-20(16-24)22(25)13-11-19-7-4-3-5-8-19/h3-5,7-8,10,12,15,20H,6,9,11,13-14,16H2,1-2H3. The predicted octanol–water partition coefficient (Wildman–Crippen LogP) is 4.36. The Morgan fingerprint density at radius 3 is 2.58 bits per heavy atom. The summed E-state index contributed by atoms with van der Waals surface area (Å²) in [5.41, 5.74) is 4.12. The minimum atomic E-state index is -0.0258. The van der Waals surface area contributed by atoms with Crippen LogP contribution in [0, 0.1) is 19.8 Å². The van der Waals surface area contributed by atoms with Gasteiger partial charge >= 0.3 is 0 Å². The number of ketones is 1. The number of rotatable bonds is 5. The Labute approximate surface area is 156 Å². The first-order valence-electron chi connectivity index (χ1n) is 9.48. The second kappa shape index (κ2) is 8.31. The van der Waals surface area contributed by atoms with Crippen molar-refractivity contribution in [3.63, 3.8) is 0 Å². The van der Waals surface area contributed by atoms with E-state index in [-0.39, 0.29) is 17.6 Å². The molecule has 3 rings (SSSR count). The van der Waals surface area contributed by atoms with Crippen molar-refractivity contribution >= 4 is 11.7 Å². The largest absolute Gasteiger partial charge is 0.338 e. The van der Waals surface area contributed by atoms with Gasteiger partial charge in [-0.25, -0.2) is 0 Å². The molecule has 0 bridgehead atoms. The first-order valence-corrected chi connectivity index (χ1v) is 9.48. The molecule has 1 aliphatic rings. The molecule has 1 saturated heterocycles. The summed E-state index contributed by atoms with van der Waals surface area (Å²) in [6.45, 7) is 5.31. The molecule has 0 N–H and O–H groups in total. The number of carbonyl (C=O) groups excluding carboxylic acids is 2. The van der Waals surface area contributed by atoms with Crippen molar-refractivity contribution in [1.82, 2.24) is 4.90 Å². The summed E-state index contributed by atoms with van der Waals surface area (Å²) in [6, 6.07) is 16.0. The first kappa shape index (κ1) is 18.4. The van der Waals surface area contributed by atoms with Gasteiger partial charge in [0.05, 0.1) is 0 Å².